The van der Waals surface area contributed by atoms with E-state index in [1.165, 1.54) is 434 Å². The molecule has 21 rings (SSSR count). The van der Waals surface area contributed by atoms with Gasteiger partial charge in [0.1, 0.15) is 33.5 Å². The molecule has 6 aliphatic carbocycles. The number of hydrogen-bond acceptors (Lipinski definition) is 4. The highest BCUT2D eigenvalue weighted by Crippen LogP contribution is 2.71. The predicted octanol–water partition coefficient (Wildman–Crippen LogP) is 45.0. The van der Waals surface area contributed by atoms with E-state index in [0.29, 0.717) is 0 Å². The lowest BCUT2D eigenvalue weighted by molar-refractivity contribution is 0.369. The van der Waals surface area contributed by atoms with Gasteiger partial charge in [-0.05, 0) is 247 Å². The van der Waals surface area contributed by atoms with Gasteiger partial charge in [0, 0.05) is 93.0 Å². The average Bonchev–Trinajstić information content (AvgIpc) is 1.61. The van der Waals surface area contributed by atoms with Crippen molar-refractivity contribution in [2.45, 2.75) is 449 Å². The summed E-state index contributed by atoms with van der Waals surface area (Å²) in [7, 11) is 0. The SMILES string of the molecule is CCCCCCCCC1(CCCCCCCC)c2cc(N(c3ccc4c(c3)C(C)(C)c3c5c(c6c(oc7ccccc76)c3-4)-c3ccccc3C5(C)C)c3ccc4c(c3)C(CCCCCCC)(CCCCCCC)c3c5c(c6oc7ccccc7c6c3-4)-c3ccccc3C5(CCCCCCC)CCCCCCC)ccc2-c2cc3c(cc21)-c1c(ccc2oc4ccccc4c12)C3(CCCCCCCC)CCCCCCCC. The summed E-state index contributed by atoms with van der Waals surface area (Å²) in [4.78, 5) is 2.88. The van der Waals surface area contributed by atoms with E-state index in [0.717, 1.165) is 72.0 Å². The van der Waals surface area contributed by atoms with Crippen LogP contribution in [0.1, 0.15) is 484 Å². The Morgan fingerprint density at radius 3 is 0.945 bits per heavy atom. The van der Waals surface area contributed by atoms with Gasteiger partial charge in [0.25, 0.3) is 0 Å². The zero-order valence-corrected chi connectivity index (χ0v) is 92.0. The molecule has 0 saturated carbocycles. The highest BCUT2D eigenvalue weighted by molar-refractivity contribution is 6.23. The molecule has 3 heterocycles. The first kappa shape index (κ1) is 102. The molecule has 0 aliphatic heterocycles. The Hall–Kier alpha value is -10.2. The quantitative estimate of drug-likeness (QED) is 0.0356. The normalized spacial score (nSPS) is 15.4. The summed E-state index contributed by atoms with van der Waals surface area (Å²) in [6.07, 6.45) is 64.7. The molecule has 0 radical (unpaired) electrons. The van der Waals surface area contributed by atoms with Crippen LogP contribution >= 0.6 is 0 Å². The number of rotatable bonds is 55. The van der Waals surface area contributed by atoms with E-state index < -0.39 is 5.41 Å². The van der Waals surface area contributed by atoms with Gasteiger partial charge in [-0.3, -0.25) is 0 Å². The second-order valence-corrected chi connectivity index (χ2v) is 47.9. The maximum atomic E-state index is 7.85. The lowest BCUT2D eigenvalue weighted by Gasteiger charge is -2.40. The van der Waals surface area contributed by atoms with Crippen molar-refractivity contribution in [1.29, 1.82) is 0 Å². The molecule has 0 bridgehead atoms. The molecule has 15 aromatic rings. The van der Waals surface area contributed by atoms with Crippen molar-refractivity contribution < 1.29 is 13.3 Å². The van der Waals surface area contributed by atoms with Crippen LogP contribution in [-0.2, 0) is 32.5 Å². The van der Waals surface area contributed by atoms with E-state index in [9.17, 15) is 0 Å². The highest BCUT2D eigenvalue weighted by atomic mass is 16.3. The van der Waals surface area contributed by atoms with Crippen molar-refractivity contribution in [3.05, 3.63) is 267 Å². The average molecular weight is 1940 g/mol. The van der Waals surface area contributed by atoms with Gasteiger partial charge in [0.2, 0.25) is 0 Å². The van der Waals surface area contributed by atoms with Crippen LogP contribution in [0.3, 0.4) is 0 Å². The van der Waals surface area contributed by atoms with Crippen LogP contribution < -0.4 is 4.90 Å². The molecule has 0 saturated heterocycles. The molecule has 146 heavy (non-hydrogen) atoms. The minimum atomic E-state index is -0.446. The van der Waals surface area contributed by atoms with Gasteiger partial charge in [-0.25, -0.2) is 0 Å². The zero-order chi connectivity index (χ0) is 100. The van der Waals surface area contributed by atoms with Gasteiger partial charge in [-0.2, -0.15) is 0 Å². The summed E-state index contributed by atoms with van der Waals surface area (Å²) in [6, 6.07) is 82.1. The van der Waals surface area contributed by atoms with Crippen LogP contribution in [-0.4, -0.2) is 0 Å². The van der Waals surface area contributed by atoms with E-state index in [1.54, 1.807) is 44.5 Å². The van der Waals surface area contributed by atoms with Gasteiger partial charge in [-0.15, -0.1) is 0 Å². The van der Waals surface area contributed by atoms with E-state index in [1.807, 2.05) is 0 Å². The Labute approximate surface area is 878 Å². The summed E-state index contributed by atoms with van der Waals surface area (Å²) in [5.74, 6) is 0. The van der Waals surface area contributed by atoms with Gasteiger partial charge in [0.05, 0.1) is 0 Å². The number of unbranched alkanes of at least 4 members (excludes halogenated alkanes) is 36. The lowest BCUT2D eigenvalue weighted by Crippen LogP contribution is -2.33. The summed E-state index contributed by atoms with van der Waals surface area (Å²) in [6.45, 7) is 29.4. The summed E-state index contributed by atoms with van der Waals surface area (Å²) < 4.78 is 22.5. The number of para-hydroxylation sites is 3. The van der Waals surface area contributed by atoms with Crippen LogP contribution in [0.2, 0.25) is 0 Å². The van der Waals surface area contributed by atoms with Crippen molar-refractivity contribution >= 4 is 82.9 Å². The third kappa shape index (κ3) is 17.7. The second kappa shape index (κ2) is 44.2. The van der Waals surface area contributed by atoms with Crippen molar-refractivity contribution in [3.63, 3.8) is 0 Å². The van der Waals surface area contributed by atoms with Gasteiger partial charge >= 0.3 is 0 Å². The Balaban J connectivity index is 0.844. The fourth-order valence-electron chi connectivity index (χ4n) is 30.7. The third-order valence-electron chi connectivity index (χ3n) is 37.9. The molecule has 0 spiro atoms. The maximum Gasteiger partial charge on any atom is 0.144 e. The predicted molar refractivity (Wildman–Crippen MR) is 628 cm³/mol. The number of furan rings is 3. The molecule has 0 atom stereocenters. The first-order chi connectivity index (χ1) is 71.7. The highest BCUT2D eigenvalue weighted by Gasteiger charge is 2.57. The fourth-order valence-corrected chi connectivity index (χ4v) is 30.7. The van der Waals surface area contributed by atoms with Gasteiger partial charge in [0.15, 0.2) is 0 Å². The van der Waals surface area contributed by atoms with Gasteiger partial charge in [-0.1, -0.05) is 493 Å². The summed E-state index contributed by atoms with van der Waals surface area (Å²) >= 11 is 0. The van der Waals surface area contributed by atoms with Crippen molar-refractivity contribution in [2.24, 2.45) is 0 Å². The first-order valence-electron chi connectivity index (χ1n) is 60.3. The molecule has 4 nitrogen and oxygen atoms in total. The Morgan fingerprint density at radius 2 is 0.486 bits per heavy atom. The molecule has 4 heteroatoms. The second-order valence-electron chi connectivity index (χ2n) is 47.9. The topological polar surface area (TPSA) is 42.7 Å². The molecule has 0 amide bonds. The first-order valence-corrected chi connectivity index (χ1v) is 60.3. The van der Waals surface area contributed by atoms with E-state index in [2.05, 4.69) is 288 Å². The molecule has 0 unspecified atom stereocenters. The minimum absolute atomic E-state index is 0.155. The number of fused-ring (bicyclic) bond motifs is 34. The van der Waals surface area contributed by atoms with Crippen LogP contribution in [0.5, 0.6) is 0 Å². The third-order valence-corrected chi connectivity index (χ3v) is 37.9. The number of nitrogens with zero attached hydrogens (tertiary/aromatic N) is 1. The minimum Gasteiger partial charge on any atom is -0.456 e. The fraction of sp³-hybridized carbons (Fsp3) is 0.493. The largest absolute Gasteiger partial charge is 0.456 e. The molecule has 0 fully saturated rings. The maximum absolute atomic E-state index is 7.85. The molecule has 3 aromatic heterocycles. The van der Waals surface area contributed by atoms with Crippen molar-refractivity contribution in [3.8, 4) is 66.8 Å². The number of anilines is 3. The molecule has 0 N–H and O–H groups in total. The Morgan fingerprint density at radius 1 is 0.192 bits per heavy atom. The van der Waals surface area contributed by atoms with Gasteiger partial charge < -0.3 is 18.2 Å². The lowest BCUT2D eigenvalue weighted by atomic mass is 9.62. The number of benzene rings is 12. The smallest absolute Gasteiger partial charge is 0.144 e. The van der Waals surface area contributed by atoms with E-state index in [-0.39, 0.29) is 27.1 Å². The molecular weight excluding hydrogens is 1770 g/mol. The molecule has 764 valence electrons. The summed E-state index contributed by atoms with van der Waals surface area (Å²) in [5.41, 5.74) is 43.7. The summed E-state index contributed by atoms with van der Waals surface area (Å²) in [5, 5.41) is 7.66. The molecule has 12 aromatic carbocycles. The molecular formula is C142H173NO3. The Bertz CT molecular complexity index is 7110. The van der Waals surface area contributed by atoms with E-state index in [4.69, 9.17) is 13.3 Å². The van der Waals surface area contributed by atoms with Crippen LogP contribution in [0.15, 0.2) is 213 Å². The number of hydrogen-bond donors (Lipinski definition) is 0. The van der Waals surface area contributed by atoms with Crippen LogP contribution in [0, 0.1) is 0 Å². The monoisotopic (exact) mass is 1940 g/mol. The van der Waals surface area contributed by atoms with Crippen molar-refractivity contribution in [2.75, 3.05) is 4.90 Å². The zero-order valence-electron chi connectivity index (χ0n) is 92.0. The Kier molecular flexibility index (Phi) is 30.8. The molecule has 6 aliphatic rings. The van der Waals surface area contributed by atoms with Crippen LogP contribution in [0.4, 0.5) is 17.1 Å². The van der Waals surface area contributed by atoms with Crippen LogP contribution in [0.25, 0.3) is 133 Å². The van der Waals surface area contributed by atoms with E-state index >= 15 is 0 Å². The van der Waals surface area contributed by atoms with Crippen molar-refractivity contribution in [1.82, 2.24) is 0 Å². The standard InChI is InChI=1S/C142H173NO3/c1-13-21-29-37-45-59-85-139(86-60-46-38-30-22-14-2)113-83-84-122-124(106-69-51-56-74-119(106)144-122)123(113)110-97-117-109(96-118(110)139)101-80-77-99(94-115(101)140(117,87-61-47-39-31-23-15-3)88-62-48-40-32-24-16-4)143(98-78-81-104-114(93-98)138(11,12)132-129(104)135-127(107-70-52-57-75-120(107)145-135)125-102-67-49-54-72-111(102)137(9,10)131(125)132)100-79-82-105-116(95-100)142(91-65-43-35-27-19-7,92-66-44-36-28-20-8)133-126(105)128-108-71-53-58-76-121(108)146-136(128)130-103-68-50-55-73-112(103)141(134(130)133,89-63-41-33-25-17-5)90-64-42-34-26-18-6/h49-58,67-84,93-97H,13-48,59-66,85-92H2,1-12H3.